The molecule has 9 nitrogen and oxygen atoms in total. The zero-order valence-corrected chi connectivity index (χ0v) is 16.1. The molecule has 1 aliphatic rings. The van der Waals surface area contributed by atoms with Gasteiger partial charge in [-0.2, -0.15) is 4.31 Å². The third-order valence-corrected chi connectivity index (χ3v) is 6.19. The zero-order chi connectivity index (χ0) is 19.6. The molecule has 0 spiro atoms. The molecule has 1 aliphatic heterocycles. The van der Waals surface area contributed by atoms with Gasteiger partial charge in [-0.15, -0.1) is 0 Å². The molecule has 10 heteroatoms. The number of methoxy groups -OCH3 is 1. The number of carbonyl (C=O) groups is 1. The number of sulfonamides is 1. The Morgan fingerprint density at radius 1 is 1.26 bits per heavy atom. The van der Waals surface area contributed by atoms with Gasteiger partial charge in [-0.25, -0.2) is 8.42 Å². The molecule has 1 N–H and O–H groups in total. The standard InChI is InChI=1S/C17H21N3O6S/c1-11-16(12(2)26-19-11)17(21)18-13-4-5-14(24-3)15(10-13)27(22,23)20-6-8-25-9-7-20/h4-5,10H,6-9H2,1-3H3,(H,18,21). The van der Waals surface area contributed by atoms with Crippen LogP contribution in [0.5, 0.6) is 5.75 Å². The van der Waals surface area contributed by atoms with Gasteiger partial charge in [0, 0.05) is 18.8 Å². The Bertz CT molecular complexity index is 928. The molecule has 1 aromatic heterocycles. The smallest absolute Gasteiger partial charge is 0.261 e. The first-order valence-corrected chi connectivity index (χ1v) is 9.78. The fourth-order valence-corrected chi connectivity index (χ4v) is 4.47. The van der Waals surface area contributed by atoms with Gasteiger partial charge in [0.1, 0.15) is 22.0 Å². The summed E-state index contributed by atoms with van der Waals surface area (Å²) < 4.78 is 42.8. The third kappa shape index (κ3) is 3.82. The van der Waals surface area contributed by atoms with Gasteiger partial charge < -0.3 is 19.3 Å². The van der Waals surface area contributed by atoms with Gasteiger partial charge in [0.15, 0.2) is 0 Å². The van der Waals surface area contributed by atoms with E-state index in [0.29, 0.717) is 35.9 Å². The van der Waals surface area contributed by atoms with Gasteiger partial charge >= 0.3 is 0 Å². The molecule has 27 heavy (non-hydrogen) atoms. The van der Waals surface area contributed by atoms with E-state index in [4.69, 9.17) is 14.0 Å². The summed E-state index contributed by atoms with van der Waals surface area (Å²) in [6.07, 6.45) is 0. The van der Waals surface area contributed by atoms with Crippen molar-refractivity contribution in [1.82, 2.24) is 9.46 Å². The van der Waals surface area contributed by atoms with Crippen LogP contribution in [0.3, 0.4) is 0 Å². The minimum atomic E-state index is -3.79. The van der Waals surface area contributed by atoms with Crippen LogP contribution in [0.1, 0.15) is 21.8 Å². The van der Waals surface area contributed by atoms with Crippen LogP contribution >= 0.6 is 0 Å². The Labute approximate surface area is 157 Å². The molecule has 0 aliphatic carbocycles. The second-order valence-electron chi connectivity index (χ2n) is 6.04. The van der Waals surface area contributed by atoms with E-state index in [1.165, 1.54) is 23.5 Å². The summed E-state index contributed by atoms with van der Waals surface area (Å²) in [5.41, 5.74) is 1.11. The highest BCUT2D eigenvalue weighted by Gasteiger charge is 2.30. The lowest BCUT2D eigenvalue weighted by Crippen LogP contribution is -2.40. The predicted molar refractivity (Wildman–Crippen MR) is 96.5 cm³/mol. The number of carbonyl (C=O) groups excluding carboxylic acids is 1. The van der Waals surface area contributed by atoms with Gasteiger partial charge in [0.25, 0.3) is 5.91 Å². The van der Waals surface area contributed by atoms with Gasteiger partial charge in [-0.05, 0) is 32.0 Å². The average Bonchev–Trinajstić information content (AvgIpc) is 3.00. The molecule has 0 radical (unpaired) electrons. The lowest BCUT2D eigenvalue weighted by atomic mass is 10.2. The molecular weight excluding hydrogens is 374 g/mol. The highest BCUT2D eigenvalue weighted by Crippen LogP contribution is 2.30. The number of aryl methyl sites for hydroxylation is 2. The molecular formula is C17H21N3O6S. The van der Waals surface area contributed by atoms with Crippen molar-refractivity contribution in [3.63, 3.8) is 0 Å². The SMILES string of the molecule is COc1ccc(NC(=O)c2c(C)noc2C)cc1S(=O)(=O)N1CCOCC1. The average molecular weight is 395 g/mol. The lowest BCUT2D eigenvalue weighted by molar-refractivity contribution is 0.0729. The summed E-state index contributed by atoms with van der Waals surface area (Å²) in [6, 6.07) is 4.48. The highest BCUT2D eigenvalue weighted by molar-refractivity contribution is 7.89. The van der Waals surface area contributed by atoms with Crippen LogP contribution in [0.4, 0.5) is 5.69 Å². The van der Waals surface area contributed by atoms with Crippen molar-refractivity contribution < 1.29 is 27.2 Å². The summed E-state index contributed by atoms with van der Waals surface area (Å²) in [6.45, 7) is 4.50. The van der Waals surface area contributed by atoms with Crippen LogP contribution < -0.4 is 10.1 Å². The summed E-state index contributed by atoms with van der Waals surface area (Å²) in [7, 11) is -2.39. The fraction of sp³-hybridized carbons (Fsp3) is 0.412. The second kappa shape index (κ2) is 7.67. The number of benzene rings is 1. The highest BCUT2D eigenvalue weighted by atomic mass is 32.2. The van der Waals surface area contributed by atoms with Gasteiger partial charge in [0.2, 0.25) is 10.0 Å². The van der Waals surface area contributed by atoms with E-state index in [0.717, 1.165) is 0 Å². The van der Waals surface area contributed by atoms with E-state index in [9.17, 15) is 13.2 Å². The summed E-state index contributed by atoms with van der Waals surface area (Å²) in [5.74, 6) is 0.169. The third-order valence-electron chi connectivity index (χ3n) is 4.27. The number of ether oxygens (including phenoxy) is 2. The van der Waals surface area contributed by atoms with Gasteiger partial charge in [-0.3, -0.25) is 4.79 Å². The minimum absolute atomic E-state index is 0.0107. The Morgan fingerprint density at radius 2 is 1.96 bits per heavy atom. The maximum absolute atomic E-state index is 13.0. The maximum Gasteiger partial charge on any atom is 0.261 e. The van der Waals surface area contributed by atoms with Crippen LogP contribution in [0.15, 0.2) is 27.6 Å². The Hall–Kier alpha value is -2.43. The number of anilines is 1. The number of hydrogen-bond donors (Lipinski definition) is 1. The van der Waals surface area contributed by atoms with E-state index in [1.54, 1.807) is 19.9 Å². The van der Waals surface area contributed by atoms with E-state index in [-0.39, 0.29) is 23.7 Å². The number of nitrogens with zero attached hydrogens (tertiary/aromatic N) is 2. The first kappa shape index (κ1) is 19.3. The van der Waals surface area contributed by atoms with Crippen molar-refractivity contribution in [3.05, 3.63) is 35.2 Å². The van der Waals surface area contributed by atoms with Crippen molar-refractivity contribution in [2.24, 2.45) is 0 Å². The van der Waals surface area contributed by atoms with Crippen molar-refractivity contribution in [2.45, 2.75) is 18.7 Å². The zero-order valence-electron chi connectivity index (χ0n) is 15.3. The number of hydrogen-bond acceptors (Lipinski definition) is 7. The summed E-state index contributed by atoms with van der Waals surface area (Å²) in [5, 5.41) is 6.44. The minimum Gasteiger partial charge on any atom is -0.495 e. The van der Waals surface area contributed by atoms with E-state index >= 15 is 0 Å². The molecule has 0 atom stereocenters. The molecule has 146 valence electrons. The largest absolute Gasteiger partial charge is 0.495 e. The molecule has 2 heterocycles. The number of amides is 1. The fourth-order valence-electron chi connectivity index (χ4n) is 2.88. The quantitative estimate of drug-likeness (QED) is 0.818. The first-order chi connectivity index (χ1) is 12.8. The second-order valence-corrected chi connectivity index (χ2v) is 7.94. The van der Waals surface area contributed by atoms with Crippen molar-refractivity contribution in [2.75, 3.05) is 38.7 Å². The first-order valence-electron chi connectivity index (χ1n) is 8.34. The van der Waals surface area contributed by atoms with Gasteiger partial charge in [-0.1, -0.05) is 5.16 Å². The monoisotopic (exact) mass is 395 g/mol. The molecule has 1 amide bonds. The molecule has 1 fully saturated rings. The topological polar surface area (TPSA) is 111 Å². The predicted octanol–water partition coefficient (Wildman–Crippen LogP) is 1.57. The number of rotatable bonds is 5. The molecule has 3 rings (SSSR count). The number of morpholine rings is 1. The van der Waals surface area contributed by atoms with E-state index in [2.05, 4.69) is 10.5 Å². The number of aromatic nitrogens is 1. The molecule has 0 saturated carbocycles. The van der Waals surface area contributed by atoms with Crippen molar-refractivity contribution in [1.29, 1.82) is 0 Å². The van der Waals surface area contributed by atoms with Crippen LogP contribution in [0.25, 0.3) is 0 Å². The lowest BCUT2D eigenvalue weighted by Gasteiger charge is -2.26. The Balaban J connectivity index is 1.93. The molecule has 0 bridgehead atoms. The summed E-state index contributed by atoms with van der Waals surface area (Å²) >= 11 is 0. The maximum atomic E-state index is 13.0. The van der Waals surface area contributed by atoms with Crippen LogP contribution in [-0.4, -0.2) is 57.2 Å². The van der Waals surface area contributed by atoms with Crippen molar-refractivity contribution >= 4 is 21.6 Å². The number of nitrogens with one attached hydrogen (secondary N) is 1. The molecule has 0 unspecified atom stereocenters. The Kier molecular flexibility index (Phi) is 5.49. The van der Waals surface area contributed by atoms with Gasteiger partial charge in [0.05, 0.1) is 26.0 Å². The normalized spacial score (nSPS) is 15.5. The molecule has 2 aromatic rings. The van der Waals surface area contributed by atoms with Crippen molar-refractivity contribution in [3.8, 4) is 5.75 Å². The Morgan fingerprint density at radius 3 is 2.56 bits per heavy atom. The van der Waals surface area contributed by atoms with Crippen LogP contribution in [0, 0.1) is 13.8 Å². The molecule has 1 aromatic carbocycles. The summed E-state index contributed by atoms with van der Waals surface area (Å²) in [4.78, 5) is 12.5. The van der Waals surface area contributed by atoms with E-state index in [1.807, 2.05) is 0 Å². The van der Waals surface area contributed by atoms with E-state index < -0.39 is 15.9 Å². The van der Waals surface area contributed by atoms with Crippen LogP contribution in [-0.2, 0) is 14.8 Å². The molecule has 1 saturated heterocycles. The van der Waals surface area contributed by atoms with Crippen LogP contribution in [0.2, 0.25) is 0 Å².